The van der Waals surface area contributed by atoms with Gasteiger partial charge in [0.05, 0.1) is 5.41 Å². The molecular formula is C12H13NO. The first-order valence-corrected chi connectivity index (χ1v) is 4.94. The van der Waals surface area contributed by atoms with E-state index in [9.17, 15) is 4.79 Å². The number of allylic oxidation sites excluding steroid dienone is 2. The van der Waals surface area contributed by atoms with Crippen LogP contribution in [-0.2, 0) is 4.79 Å². The summed E-state index contributed by atoms with van der Waals surface area (Å²) in [5, 5.41) is 0. The number of Topliss-reactive ketones (excluding diaryl/α,β-unsaturated/α-hetero) is 1. The molecule has 0 heterocycles. The molecule has 0 amide bonds. The van der Waals surface area contributed by atoms with E-state index in [2.05, 4.69) is 4.85 Å². The number of hydrogen-bond acceptors (Lipinski definition) is 1. The number of carbonyl (C=O) groups excluding carboxylic acids is 1. The average Bonchev–Trinajstić information content (AvgIpc) is 2.37. The molecular weight excluding hydrogens is 174 g/mol. The van der Waals surface area contributed by atoms with Gasteiger partial charge in [-0.2, -0.15) is 0 Å². The highest BCUT2D eigenvalue weighted by atomic mass is 16.1. The van der Waals surface area contributed by atoms with Gasteiger partial charge in [-0.15, -0.1) is 0 Å². The van der Waals surface area contributed by atoms with E-state index in [1.54, 1.807) is 0 Å². The van der Waals surface area contributed by atoms with Gasteiger partial charge in [0, 0.05) is 18.4 Å². The van der Waals surface area contributed by atoms with E-state index in [1.165, 1.54) is 0 Å². The van der Waals surface area contributed by atoms with Crippen LogP contribution >= 0.6 is 0 Å². The van der Waals surface area contributed by atoms with Crippen molar-refractivity contribution >= 4 is 5.78 Å². The van der Waals surface area contributed by atoms with Gasteiger partial charge in [0.25, 0.3) is 0 Å². The van der Waals surface area contributed by atoms with Crippen LogP contribution in [-0.4, -0.2) is 11.8 Å². The SMILES string of the molecule is [C-]#[N+][C@H]1CC=CC[C@]2(C)C(=O)CC=C12. The third kappa shape index (κ3) is 1.13. The van der Waals surface area contributed by atoms with Crippen molar-refractivity contribution in [1.29, 1.82) is 0 Å². The maximum atomic E-state index is 11.8. The van der Waals surface area contributed by atoms with Crippen molar-refractivity contribution in [1.82, 2.24) is 0 Å². The van der Waals surface area contributed by atoms with Crippen LogP contribution < -0.4 is 0 Å². The number of hydrogen-bond donors (Lipinski definition) is 0. The molecule has 0 fully saturated rings. The Labute approximate surface area is 84.1 Å². The van der Waals surface area contributed by atoms with Crippen LogP contribution in [0.4, 0.5) is 0 Å². The summed E-state index contributed by atoms with van der Waals surface area (Å²) in [6.45, 7) is 9.11. The zero-order valence-corrected chi connectivity index (χ0v) is 8.29. The van der Waals surface area contributed by atoms with Crippen molar-refractivity contribution in [3.63, 3.8) is 0 Å². The van der Waals surface area contributed by atoms with Gasteiger partial charge in [0.15, 0.2) is 0 Å². The number of ketones is 1. The lowest BCUT2D eigenvalue weighted by Crippen LogP contribution is -2.28. The molecule has 14 heavy (non-hydrogen) atoms. The van der Waals surface area contributed by atoms with Crippen molar-refractivity contribution < 1.29 is 4.79 Å². The molecule has 2 nitrogen and oxygen atoms in total. The Morgan fingerprint density at radius 1 is 1.57 bits per heavy atom. The van der Waals surface area contributed by atoms with E-state index in [-0.39, 0.29) is 17.2 Å². The summed E-state index contributed by atoms with van der Waals surface area (Å²) < 4.78 is 0. The van der Waals surface area contributed by atoms with Gasteiger partial charge in [-0.25, -0.2) is 6.57 Å². The summed E-state index contributed by atoms with van der Waals surface area (Å²) in [5.74, 6) is 0.271. The zero-order valence-electron chi connectivity index (χ0n) is 8.29. The second kappa shape index (κ2) is 3.09. The lowest BCUT2D eigenvalue weighted by atomic mass is 9.77. The topological polar surface area (TPSA) is 21.4 Å². The Morgan fingerprint density at radius 3 is 3.07 bits per heavy atom. The molecule has 0 aliphatic heterocycles. The number of rotatable bonds is 0. The van der Waals surface area contributed by atoms with Crippen molar-refractivity contribution in [3.05, 3.63) is 35.2 Å². The molecule has 0 radical (unpaired) electrons. The Morgan fingerprint density at radius 2 is 2.36 bits per heavy atom. The van der Waals surface area contributed by atoms with Crippen LogP contribution in [0.2, 0.25) is 0 Å². The molecule has 2 heteroatoms. The Balaban J connectivity index is 2.43. The van der Waals surface area contributed by atoms with Gasteiger partial charge < -0.3 is 4.85 Å². The first kappa shape index (κ1) is 9.21. The minimum Gasteiger partial charge on any atom is -0.308 e. The Kier molecular flexibility index (Phi) is 2.03. The molecule has 2 aliphatic carbocycles. The minimum atomic E-state index is -0.373. The van der Waals surface area contributed by atoms with Gasteiger partial charge in [0.2, 0.25) is 6.04 Å². The molecule has 0 bridgehead atoms. The van der Waals surface area contributed by atoms with Crippen LogP contribution in [0.1, 0.15) is 26.2 Å². The number of fused-ring (bicyclic) bond motifs is 1. The van der Waals surface area contributed by atoms with E-state index in [0.717, 1.165) is 18.4 Å². The lowest BCUT2D eigenvalue weighted by molar-refractivity contribution is -0.124. The quantitative estimate of drug-likeness (QED) is 0.422. The van der Waals surface area contributed by atoms with Crippen molar-refractivity contribution in [3.8, 4) is 0 Å². The highest BCUT2D eigenvalue weighted by Gasteiger charge is 2.45. The second-order valence-electron chi connectivity index (χ2n) is 4.18. The molecule has 2 rings (SSSR count). The van der Waals surface area contributed by atoms with Gasteiger partial charge in [-0.1, -0.05) is 18.2 Å². The van der Waals surface area contributed by atoms with Crippen molar-refractivity contribution in [2.45, 2.75) is 32.2 Å². The molecule has 0 aromatic heterocycles. The van der Waals surface area contributed by atoms with Gasteiger partial charge >= 0.3 is 0 Å². The Hall–Kier alpha value is -1.36. The molecule has 0 saturated carbocycles. The van der Waals surface area contributed by atoms with E-state index in [4.69, 9.17) is 6.57 Å². The second-order valence-corrected chi connectivity index (χ2v) is 4.18. The molecule has 0 unspecified atom stereocenters. The van der Waals surface area contributed by atoms with Gasteiger partial charge in [0.1, 0.15) is 5.78 Å². The molecule has 0 aromatic rings. The minimum absolute atomic E-state index is 0.106. The highest BCUT2D eigenvalue weighted by molar-refractivity contribution is 5.92. The van der Waals surface area contributed by atoms with Crippen LogP contribution in [0.3, 0.4) is 0 Å². The van der Waals surface area contributed by atoms with E-state index < -0.39 is 0 Å². The standard InChI is InChI=1S/C12H13NO/c1-12-8-4-3-5-10(13-2)9(12)6-7-11(12)14/h3-4,6,10H,5,7-8H2,1H3/t10-,12-/m0/s1. The third-order valence-electron chi connectivity index (χ3n) is 3.33. The maximum Gasteiger partial charge on any atom is 0.249 e. The van der Waals surface area contributed by atoms with Crippen molar-refractivity contribution in [2.75, 3.05) is 0 Å². The van der Waals surface area contributed by atoms with Crippen LogP contribution in [0, 0.1) is 12.0 Å². The predicted octanol–water partition coefficient (Wildman–Crippen LogP) is 2.53. The molecule has 0 aromatic carbocycles. The molecule has 0 spiro atoms. The average molecular weight is 187 g/mol. The normalized spacial score (nSPS) is 35.9. The fraction of sp³-hybridized carbons (Fsp3) is 0.500. The zero-order chi connectivity index (χ0) is 10.2. The fourth-order valence-electron chi connectivity index (χ4n) is 2.34. The monoisotopic (exact) mass is 187 g/mol. The first-order chi connectivity index (χ1) is 6.68. The van der Waals surface area contributed by atoms with Crippen LogP contribution in [0.15, 0.2) is 23.8 Å². The van der Waals surface area contributed by atoms with Crippen molar-refractivity contribution in [2.24, 2.45) is 5.41 Å². The predicted molar refractivity (Wildman–Crippen MR) is 54.6 cm³/mol. The molecule has 72 valence electrons. The third-order valence-corrected chi connectivity index (χ3v) is 3.33. The number of nitrogens with zero attached hydrogens (tertiary/aromatic N) is 1. The summed E-state index contributed by atoms with van der Waals surface area (Å²) in [6, 6.07) is -0.106. The summed E-state index contributed by atoms with van der Waals surface area (Å²) in [5.41, 5.74) is 0.685. The fourth-order valence-corrected chi connectivity index (χ4v) is 2.34. The molecule has 2 aliphatic rings. The largest absolute Gasteiger partial charge is 0.308 e. The summed E-state index contributed by atoms with van der Waals surface area (Å²) in [4.78, 5) is 15.4. The van der Waals surface area contributed by atoms with Crippen LogP contribution in [0.25, 0.3) is 4.85 Å². The maximum absolute atomic E-state index is 11.8. The summed E-state index contributed by atoms with van der Waals surface area (Å²) in [6.07, 6.45) is 8.09. The first-order valence-electron chi connectivity index (χ1n) is 4.94. The number of carbonyl (C=O) groups is 1. The van der Waals surface area contributed by atoms with E-state index in [1.807, 2.05) is 25.2 Å². The smallest absolute Gasteiger partial charge is 0.249 e. The lowest BCUT2D eigenvalue weighted by Gasteiger charge is -2.23. The summed E-state index contributed by atoms with van der Waals surface area (Å²) in [7, 11) is 0. The Bertz CT molecular complexity index is 372. The molecule has 0 N–H and O–H groups in total. The molecule has 0 saturated heterocycles. The van der Waals surface area contributed by atoms with E-state index >= 15 is 0 Å². The summed E-state index contributed by atoms with van der Waals surface area (Å²) >= 11 is 0. The molecule has 2 atom stereocenters. The van der Waals surface area contributed by atoms with Crippen LogP contribution in [0.5, 0.6) is 0 Å². The van der Waals surface area contributed by atoms with Gasteiger partial charge in [-0.3, -0.25) is 4.79 Å². The van der Waals surface area contributed by atoms with Gasteiger partial charge in [-0.05, 0) is 13.3 Å². The highest BCUT2D eigenvalue weighted by Crippen LogP contribution is 2.44. The van der Waals surface area contributed by atoms with E-state index in [0.29, 0.717) is 6.42 Å².